The summed E-state index contributed by atoms with van der Waals surface area (Å²) in [5.74, 6) is 1.30. The zero-order chi connectivity index (χ0) is 12.2. The summed E-state index contributed by atoms with van der Waals surface area (Å²) in [6.45, 7) is 6.57. The lowest BCUT2D eigenvalue weighted by Crippen LogP contribution is -2.31. The van der Waals surface area contributed by atoms with Crippen LogP contribution in [0.25, 0.3) is 0 Å². The highest BCUT2D eigenvalue weighted by Gasteiger charge is 2.29. The van der Waals surface area contributed by atoms with E-state index >= 15 is 0 Å². The highest BCUT2D eigenvalue weighted by Crippen LogP contribution is 2.24. The molecular weight excluding hydrogens is 206 g/mol. The molecule has 1 heterocycles. The van der Waals surface area contributed by atoms with Gasteiger partial charge < -0.3 is 15.0 Å². The quantitative estimate of drug-likeness (QED) is 0.792. The van der Waals surface area contributed by atoms with Crippen molar-refractivity contribution in [2.45, 2.75) is 45.1 Å². The summed E-state index contributed by atoms with van der Waals surface area (Å²) in [7, 11) is 1.67. The number of aromatic nitrogens is 2. The molecule has 0 fully saturated rings. The lowest BCUT2D eigenvalue weighted by atomic mass is 9.88. The third kappa shape index (κ3) is 2.80. The Morgan fingerprint density at radius 1 is 1.56 bits per heavy atom. The average Bonchev–Trinajstić information content (AvgIpc) is 2.76. The maximum Gasteiger partial charge on any atom is 0.233 e. The van der Waals surface area contributed by atoms with Gasteiger partial charge in [-0.1, -0.05) is 12.1 Å². The fraction of sp³-hybridized carbons (Fsp3) is 0.818. The molecule has 0 aliphatic heterocycles. The van der Waals surface area contributed by atoms with Gasteiger partial charge in [-0.05, 0) is 20.3 Å². The summed E-state index contributed by atoms with van der Waals surface area (Å²) in [6.07, 6.45) is 1.63. The van der Waals surface area contributed by atoms with Crippen LogP contribution in [0.2, 0.25) is 0 Å². The molecule has 1 aromatic rings. The van der Waals surface area contributed by atoms with E-state index in [-0.39, 0.29) is 11.5 Å². The van der Waals surface area contributed by atoms with Crippen LogP contribution in [0, 0.1) is 0 Å². The Morgan fingerprint density at radius 3 is 2.75 bits per heavy atom. The molecule has 0 aliphatic rings. The van der Waals surface area contributed by atoms with E-state index in [1.165, 1.54) is 0 Å². The zero-order valence-electron chi connectivity index (χ0n) is 10.5. The van der Waals surface area contributed by atoms with Gasteiger partial charge in [-0.25, -0.2) is 0 Å². The summed E-state index contributed by atoms with van der Waals surface area (Å²) >= 11 is 0. The number of hydrogen-bond acceptors (Lipinski definition) is 5. The topological polar surface area (TPSA) is 74.2 Å². The lowest BCUT2D eigenvalue weighted by molar-refractivity contribution is 0.116. The molecule has 0 spiro atoms. The minimum Gasteiger partial charge on any atom is -0.381 e. The summed E-state index contributed by atoms with van der Waals surface area (Å²) in [6, 6.07) is 0. The van der Waals surface area contributed by atoms with Crippen LogP contribution in [-0.2, 0) is 16.6 Å². The zero-order valence-corrected chi connectivity index (χ0v) is 10.5. The van der Waals surface area contributed by atoms with Crippen molar-refractivity contribution >= 4 is 0 Å². The second-order valence-corrected chi connectivity index (χ2v) is 4.38. The molecular formula is C11H21N3O2. The number of nitrogens with zero attached hydrogens (tertiary/aromatic N) is 2. The monoisotopic (exact) mass is 227 g/mol. The molecule has 0 bridgehead atoms. The van der Waals surface area contributed by atoms with Crippen LogP contribution in [0.1, 0.15) is 38.9 Å². The van der Waals surface area contributed by atoms with Crippen molar-refractivity contribution in [1.82, 2.24) is 10.1 Å². The summed E-state index contributed by atoms with van der Waals surface area (Å²) < 4.78 is 10.4. The lowest BCUT2D eigenvalue weighted by Gasteiger charge is -2.20. The Hall–Kier alpha value is -0.940. The Morgan fingerprint density at radius 2 is 2.25 bits per heavy atom. The second-order valence-electron chi connectivity index (χ2n) is 4.38. The van der Waals surface area contributed by atoms with Crippen molar-refractivity contribution in [1.29, 1.82) is 0 Å². The van der Waals surface area contributed by atoms with Crippen molar-refractivity contribution < 1.29 is 9.26 Å². The molecule has 5 nitrogen and oxygen atoms in total. The van der Waals surface area contributed by atoms with E-state index in [1.807, 2.05) is 13.8 Å². The average molecular weight is 227 g/mol. The van der Waals surface area contributed by atoms with Gasteiger partial charge in [0, 0.05) is 20.1 Å². The SMILES string of the molecule is CCC(C)(CN)c1nc(CC(C)OC)no1. The standard InChI is InChI=1S/C11H21N3O2/c1-5-11(3,7-12)10-13-9(14-16-10)6-8(2)15-4/h8H,5-7,12H2,1-4H3. The first-order chi connectivity index (χ1) is 7.55. The van der Waals surface area contributed by atoms with Gasteiger partial charge in [-0.15, -0.1) is 0 Å². The van der Waals surface area contributed by atoms with Gasteiger partial charge in [0.25, 0.3) is 0 Å². The highest BCUT2D eigenvalue weighted by atomic mass is 16.5. The highest BCUT2D eigenvalue weighted by molar-refractivity contribution is 5.03. The molecule has 0 saturated carbocycles. The smallest absolute Gasteiger partial charge is 0.233 e. The van der Waals surface area contributed by atoms with Gasteiger partial charge in [0.15, 0.2) is 5.82 Å². The van der Waals surface area contributed by atoms with E-state index in [0.717, 1.165) is 6.42 Å². The molecule has 0 aromatic carbocycles. The Balaban J connectivity index is 2.78. The number of nitrogens with two attached hydrogens (primary N) is 1. The minimum absolute atomic E-state index is 0.0937. The first-order valence-corrected chi connectivity index (χ1v) is 5.61. The van der Waals surface area contributed by atoms with Crippen molar-refractivity contribution in [3.05, 3.63) is 11.7 Å². The Labute approximate surface area is 96.4 Å². The van der Waals surface area contributed by atoms with E-state index in [1.54, 1.807) is 7.11 Å². The van der Waals surface area contributed by atoms with Crippen LogP contribution in [-0.4, -0.2) is 29.9 Å². The molecule has 92 valence electrons. The van der Waals surface area contributed by atoms with Gasteiger partial charge in [-0.3, -0.25) is 0 Å². The second kappa shape index (κ2) is 5.41. The Kier molecular flexibility index (Phi) is 4.44. The fourth-order valence-corrected chi connectivity index (χ4v) is 1.31. The van der Waals surface area contributed by atoms with Crippen molar-refractivity contribution in [3.63, 3.8) is 0 Å². The van der Waals surface area contributed by atoms with Gasteiger partial charge in [0.05, 0.1) is 11.5 Å². The van der Waals surface area contributed by atoms with Gasteiger partial charge in [0.2, 0.25) is 5.89 Å². The van der Waals surface area contributed by atoms with Crippen LogP contribution in [0.15, 0.2) is 4.52 Å². The third-order valence-electron chi connectivity index (χ3n) is 3.09. The van der Waals surface area contributed by atoms with Crippen LogP contribution in [0.4, 0.5) is 0 Å². The van der Waals surface area contributed by atoms with E-state index in [4.69, 9.17) is 15.0 Å². The van der Waals surface area contributed by atoms with E-state index in [0.29, 0.717) is 24.7 Å². The van der Waals surface area contributed by atoms with E-state index in [2.05, 4.69) is 17.1 Å². The molecule has 2 unspecified atom stereocenters. The van der Waals surface area contributed by atoms with Crippen LogP contribution < -0.4 is 5.73 Å². The summed E-state index contributed by atoms with van der Waals surface area (Å²) in [5.41, 5.74) is 5.51. The normalized spacial score (nSPS) is 17.1. The molecule has 0 radical (unpaired) electrons. The number of methoxy groups -OCH3 is 1. The fourth-order valence-electron chi connectivity index (χ4n) is 1.31. The van der Waals surface area contributed by atoms with Crippen molar-refractivity contribution in [3.8, 4) is 0 Å². The van der Waals surface area contributed by atoms with Gasteiger partial charge in [0.1, 0.15) is 0 Å². The summed E-state index contributed by atoms with van der Waals surface area (Å²) in [5, 5.41) is 3.94. The molecule has 2 atom stereocenters. The van der Waals surface area contributed by atoms with Crippen molar-refractivity contribution in [2.24, 2.45) is 5.73 Å². The van der Waals surface area contributed by atoms with Gasteiger partial charge in [-0.2, -0.15) is 4.98 Å². The number of hydrogen-bond donors (Lipinski definition) is 1. The van der Waals surface area contributed by atoms with Crippen LogP contribution in [0.3, 0.4) is 0 Å². The third-order valence-corrected chi connectivity index (χ3v) is 3.09. The maximum absolute atomic E-state index is 5.73. The van der Waals surface area contributed by atoms with Crippen molar-refractivity contribution in [2.75, 3.05) is 13.7 Å². The molecule has 0 aliphatic carbocycles. The number of ether oxygens (including phenoxy) is 1. The molecule has 1 aromatic heterocycles. The number of rotatable bonds is 6. The largest absolute Gasteiger partial charge is 0.381 e. The predicted molar refractivity (Wildman–Crippen MR) is 61.2 cm³/mol. The molecule has 0 saturated heterocycles. The molecule has 1 rings (SSSR count). The minimum atomic E-state index is -0.221. The van der Waals surface area contributed by atoms with Crippen LogP contribution in [0.5, 0.6) is 0 Å². The predicted octanol–water partition coefficient (Wildman–Crippen LogP) is 1.27. The summed E-state index contributed by atoms with van der Waals surface area (Å²) in [4.78, 5) is 4.37. The van der Waals surface area contributed by atoms with E-state index in [9.17, 15) is 0 Å². The molecule has 5 heteroatoms. The van der Waals surface area contributed by atoms with Gasteiger partial charge >= 0.3 is 0 Å². The van der Waals surface area contributed by atoms with E-state index < -0.39 is 0 Å². The molecule has 2 N–H and O–H groups in total. The molecule has 16 heavy (non-hydrogen) atoms. The first kappa shape index (κ1) is 13.1. The van der Waals surface area contributed by atoms with Crippen LogP contribution >= 0.6 is 0 Å². The Bertz CT molecular complexity index is 321. The molecule has 0 amide bonds. The first-order valence-electron chi connectivity index (χ1n) is 5.61. The maximum atomic E-state index is 5.73.